The number of nitrogens with one attached hydrogen (secondary N) is 1. The number of amides is 3. The minimum absolute atomic E-state index is 0.161. The van der Waals surface area contributed by atoms with Crippen molar-refractivity contribution in [3.8, 4) is 0 Å². The quantitative estimate of drug-likeness (QED) is 0.657. The van der Waals surface area contributed by atoms with Gasteiger partial charge in [0, 0.05) is 6.54 Å². The Morgan fingerprint density at radius 2 is 1.72 bits per heavy atom. The first kappa shape index (κ1) is 16.1. The van der Waals surface area contributed by atoms with Gasteiger partial charge >= 0.3 is 0 Å². The number of allylic oxidation sites excluding steroid dienone is 2. The number of likely N-dealkylation sites (tertiary alicyclic amines) is 1. The zero-order chi connectivity index (χ0) is 17.6. The minimum atomic E-state index is -0.273. The fourth-order valence-electron chi connectivity index (χ4n) is 4.49. The van der Waals surface area contributed by atoms with Crippen LogP contribution < -0.4 is 5.32 Å². The molecule has 1 saturated carbocycles. The molecule has 2 fully saturated rings. The van der Waals surface area contributed by atoms with E-state index in [4.69, 9.17) is 0 Å². The third-order valence-corrected chi connectivity index (χ3v) is 5.84. The number of rotatable bonds is 5. The molecule has 1 N–H and O–H groups in total. The van der Waals surface area contributed by atoms with Gasteiger partial charge in [-0.3, -0.25) is 19.3 Å². The number of hydrogen-bond donors (Lipinski definition) is 1. The highest BCUT2D eigenvalue weighted by Crippen LogP contribution is 2.52. The standard InChI is InChI=1S/C20H22N2O3/c1-12(13-5-3-2-4-6-13)10-21-16(23)11-22-19(24)17-14-7-8-15(9-14)18(17)20(22)25/h2-8,12,14-15,17-18H,9-11H2,1H3,(H,21,23). The molecule has 0 spiro atoms. The molecule has 0 aromatic heterocycles. The monoisotopic (exact) mass is 338 g/mol. The van der Waals surface area contributed by atoms with Crippen molar-refractivity contribution in [1.82, 2.24) is 10.2 Å². The van der Waals surface area contributed by atoms with Gasteiger partial charge in [-0.25, -0.2) is 0 Å². The van der Waals surface area contributed by atoms with Gasteiger partial charge in [-0.2, -0.15) is 0 Å². The predicted molar refractivity (Wildman–Crippen MR) is 92.3 cm³/mol. The fraction of sp³-hybridized carbons (Fsp3) is 0.450. The maximum absolute atomic E-state index is 12.6. The largest absolute Gasteiger partial charge is 0.354 e. The third-order valence-electron chi connectivity index (χ3n) is 5.84. The molecule has 0 radical (unpaired) electrons. The maximum atomic E-state index is 12.6. The van der Waals surface area contributed by atoms with E-state index in [0.717, 1.165) is 12.0 Å². The zero-order valence-corrected chi connectivity index (χ0v) is 14.2. The Hall–Kier alpha value is -2.43. The van der Waals surface area contributed by atoms with Gasteiger partial charge in [0.1, 0.15) is 6.54 Å². The lowest BCUT2D eigenvalue weighted by molar-refractivity contribution is -0.144. The van der Waals surface area contributed by atoms with Crippen LogP contribution in [0, 0.1) is 23.7 Å². The van der Waals surface area contributed by atoms with Crippen LogP contribution in [0.15, 0.2) is 42.5 Å². The highest BCUT2D eigenvalue weighted by molar-refractivity contribution is 6.08. The van der Waals surface area contributed by atoms with Crippen molar-refractivity contribution < 1.29 is 14.4 Å². The van der Waals surface area contributed by atoms with E-state index in [9.17, 15) is 14.4 Å². The van der Waals surface area contributed by atoms with E-state index in [1.165, 1.54) is 4.90 Å². The molecule has 25 heavy (non-hydrogen) atoms. The number of nitrogens with zero attached hydrogens (tertiary/aromatic N) is 1. The lowest BCUT2D eigenvalue weighted by Crippen LogP contribution is -2.42. The Balaban J connectivity index is 1.34. The van der Waals surface area contributed by atoms with E-state index < -0.39 is 0 Å². The van der Waals surface area contributed by atoms with Gasteiger partial charge in [-0.05, 0) is 29.7 Å². The normalized spacial score (nSPS) is 30.7. The summed E-state index contributed by atoms with van der Waals surface area (Å²) in [6, 6.07) is 9.94. The molecule has 1 heterocycles. The first-order valence-electron chi connectivity index (χ1n) is 8.91. The fourth-order valence-corrected chi connectivity index (χ4v) is 4.49. The number of carbonyl (C=O) groups excluding carboxylic acids is 3. The van der Waals surface area contributed by atoms with Crippen molar-refractivity contribution in [2.75, 3.05) is 13.1 Å². The maximum Gasteiger partial charge on any atom is 0.240 e. The average molecular weight is 338 g/mol. The van der Waals surface area contributed by atoms with Gasteiger partial charge in [-0.15, -0.1) is 0 Å². The van der Waals surface area contributed by atoms with Crippen molar-refractivity contribution in [2.24, 2.45) is 23.7 Å². The van der Waals surface area contributed by atoms with Crippen molar-refractivity contribution in [3.63, 3.8) is 0 Å². The van der Waals surface area contributed by atoms with Gasteiger partial charge in [0.05, 0.1) is 11.8 Å². The van der Waals surface area contributed by atoms with E-state index in [1.807, 2.05) is 37.3 Å². The van der Waals surface area contributed by atoms with Crippen LogP contribution in [0.2, 0.25) is 0 Å². The van der Waals surface area contributed by atoms with Gasteiger partial charge in [0.15, 0.2) is 0 Å². The van der Waals surface area contributed by atoms with Crippen LogP contribution in [-0.4, -0.2) is 35.7 Å². The summed E-state index contributed by atoms with van der Waals surface area (Å²) in [6.07, 6.45) is 5.02. The number of fused-ring (bicyclic) bond motifs is 5. The van der Waals surface area contributed by atoms with Crippen molar-refractivity contribution in [3.05, 3.63) is 48.0 Å². The molecular formula is C20H22N2O3. The van der Waals surface area contributed by atoms with Gasteiger partial charge in [0.2, 0.25) is 17.7 Å². The molecule has 5 nitrogen and oxygen atoms in total. The number of carbonyl (C=O) groups is 3. The molecule has 5 unspecified atom stereocenters. The SMILES string of the molecule is CC(CNC(=O)CN1C(=O)C2C3C=CC(C3)C2C1=O)c1ccccc1. The number of hydrogen-bond acceptors (Lipinski definition) is 3. The molecule has 130 valence electrons. The molecular weight excluding hydrogens is 316 g/mol. The molecule has 1 aromatic carbocycles. The first-order valence-corrected chi connectivity index (χ1v) is 8.91. The smallest absolute Gasteiger partial charge is 0.240 e. The predicted octanol–water partition coefficient (Wildman–Crippen LogP) is 1.71. The second-order valence-corrected chi connectivity index (χ2v) is 7.38. The number of benzene rings is 1. The molecule has 5 atom stereocenters. The van der Waals surface area contributed by atoms with Crippen LogP contribution in [0.3, 0.4) is 0 Å². The Morgan fingerprint density at radius 3 is 2.32 bits per heavy atom. The van der Waals surface area contributed by atoms with Crippen LogP contribution in [-0.2, 0) is 14.4 Å². The summed E-state index contributed by atoms with van der Waals surface area (Å²) < 4.78 is 0. The Labute approximate surface area is 147 Å². The number of imide groups is 1. The molecule has 1 aromatic rings. The van der Waals surface area contributed by atoms with Crippen LogP contribution in [0.5, 0.6) is 0 Å². The average Bonchev–Trinajstić information content (AvgIpc) is 3.30. The highest BCUT2D eigenvalue weighted by Gasteiger charge is 2.59. The second kappa shape index (κ2) is 6.14. The van der Waals surface area contributed by atoms with Gasteiger partial charge < -0.3 is 5.32 Å². The van der Waals surface area contributed by atoms with Crippen molar-refractivity contribution >= 4 is 17.7 Å². The van der Waals surface area contributed by atoms with Crippen LogP contribution in [0.4, 0.5) is 0 Å². The van der Waals surface area contributed by atoms with Gasteiger partial charge in [-0.1, -0.05) is 49.4 Å². The van der Waals surface area contributed by atoms with E-state index >= 15 is 0 Å². The lowest BCUT2D eigenvalue weighted by Gasteiger charge is -2.18. The van der Waals surface area contributed by atoms with Gasteiger partial charge in [0.25, 0.3) is 0 Å². The van der Waals surface area contributed by atoms with Crippen LogP contribution in [0.1, 0.15) is 24.8 Å². The third kappa shape index (κ3) is 2.68. The lowest BCUT2D eigenvalue weighted by atomic mass is 9.85. The Morgan fingerprint density at radius 1 is 1.12 bits per heavy atom. The molecule has 2 aliphatic carbocycles. The summed E-state index contributed by atoms with van der Waals surface area (Å²) in [5, 5.41) is 2.85. The van der Waals surface area contributed by atoms with E-state index in [-0.39, 0.29) is 53.9 Å². The molecule has 1 aliphatic heterocycles. The summed E-state index contributed by atoms with van der Waals surface area (Å²) in [7, 11) is 0. The molecule has 4 rings (SSSR count). The summed E-state index contributed by atoms with van der Waals surface area (Å²) in [5.74, 6) is -0.553. The van der Waals surface area contributed by atoms with E-state index in [0.29, 0.717) is 6.54 Å². The minimum Gasteiger partial charge on any atom is -0.354 e. The second-order valence-electron chi connectivity index (χ2n) is 7.38. The summed E-state index contributed by atoms with van der Waals surface area (Å²) in [5.41, 5.74) is 1.15. The van der Waals surface area contributed by atoms with E-state index in [1.54, 1.807) is 0 Å². The molecule has 2 bridgehead atoms. The molecule has 1 saturated heterocycles. The Bertz CT molecular complexity index is 713. The van der Waals surface area contributed by atoms with Crippen LogP contribution >= 0.6 is 0 Å². The summed E-state index contributed by atoms with van der Waals surface area (Å²) in [6.45, 7) is 2.36. The topological polar surface area (TPSA) is 66.5 Å². The zero-order valence-electron chi connectivity index (χ0n) is 14.2. The van der Waals surface area contributed by atoms with Crippen molar-refractivity contribution in [2.45, 2.75) is 19.3 Å². The van der Waals surface area contributed by atoms with E-state index in [2.05, 4.69) is 17.5 Å². The molecule has 5 heteroatoms. The highest BCUT2D eigenvalue weighted by atomic mass is 16.2. The molecule has 3 aliphatic rings. The summed E-state index contributed by atoms with van der Waals surface area (Å²) in [4.78, 5) is 38.6. The summed E-state index contributed by atoms with van der Waals surface area (Å²) >= 11 is 0. The van der Waals surface area contributed by atoms with Crippen LogP contribution in [0.25, 0.3) is 0 Å². The molecule has 3 amide bonds. The first-order chi connectivity index (χ1) is 12.1. The van der Waals surface area contributed by atoms with Crippen molar-refractivity contribution in [1.29, 1.82) is 0 Å². The Kier molecular flexibility index (Phi) is 3.94.